The maximum Gasteiger partial charge on any atom is 0.306 e. The largest absolute Gasteiger partial charge is 0.454 e. The minimum atomic E-state index is -0.689. The number of unbranched alkanes of at least 4 members (excludes halogenated alkanes) is 2. The van der Waals surface area contributed by atoms with Crippen LogP contribution in [0.15, 0.2) is 12.2 Å². The third-order valence-corrected chi connectivity index (χ3v) is 4.02. The molecule has 0 aromatic carbocycles. The summed E-state index contributed by atoms with van der Waals surface area (Å²) in [7, 11) is 0. The Hall–Kier alpha value is -1.16. The molecule has 126 valence electrons. The Morgan fingerprint density at radius 3 is 2.64 bits per heavy atom. The van der Waals surface area contributed by atoms with Crippen LogP contribution in [-0.4, -0.2) is 29.1 Å². The second kappa shape index (κ2) is 11.4. The van der Waals surface area contributed by atoms with E-state index in [2.05, 4.69) is 6.92 Å². The van der Waals surface area contributed by atoms with E-state index in [0.717, 1.165) is 51.4 Å². The maximum absolute atomic E-state index is 12.2. The summed E-state index contributed by atoms with van der Waals surface area (Å²) in [6.45, 7) is 2.09. The van der Waals surface area contributed by atoms with Crippen LogP contribution in [0.3, 0.4) is 0 Å². The first-order valence-electron chi connectivity index (χ1n) is 8.73. The lowest BCUT2D eigenvalue weighted by Gasteiger charge is -2.16. The molecule has 4 nitrogen and oxygen atoms in total. The minimum Gasteiger partial charge on any atom is -0.454 e. The second-order valence-corrected chi connectivity index (χ2v) is 6.11. The third kappa shape index (κ3) is 8.32. The number of aliphatic hydroxyl groups excluding tert-OH is 1. The molecule has 0 bridgehead atoms. The molecule has 0 saturated carbocycles. The van der Waals surface area contributed by atoms with Crippen molar-refractivity contribution in [3.8, 4) is 0 Å². The average molecular weight is 310 g/mol. The molecule has 1 N–H and O–H groups in total. The van der Waals surface area contributed by atoms with Gasteiger partial charge in [0.05, 0.1) is 6.10 Å². The summed E-state index contributed by atoms with van der Waals surface area (Å²) in [5, 5.41) is 9.84. The number of hydrogen-bond acceptors (Lipinski definition) is 4. The highest BCUT2D eigenvalue weighted by molar-refractivity contribution is 5.94. The molecule has 22 heavy (non-hydrogen) atoms. The van der Waals surface area contributed by atoms with Crippen LogP contribution in [0.25, 0.3) is 0 Å². The predicted octanol–water partition coefficient (Wildman–Crippen LogP) is 3.71. The lowest BCUT2D eigenvalue weighted by molar-refractivity contribution is -0.154. The molecular weight excluding hydrogens is 280 g/mol. The van der Waals surface area contributed by atoms with Crippen molar-refractivity contribution in [2.24, 2.45) is 0 Å². The van der Waals surface area contributed by atoms with Gasteiger partial charge in [-0.15, -0.1) is 0 Å². The van der Waals surface area contributed by atoms with E-state index in [4.69, 9.17) is 4.74 Å². The number of esters is 1. The van der Waals surface area contributed by atoms with Crippen LogP contribution in [0, 0.1) is 0 Å². The van der Waals surface area contributed by atoms with Gasteiger partial charge in [-0.25, -0.2) is 0 Å². The maximum atomic E-state index is 12.2. The van der Waals surface area contributed by atoms with Gasteiger partial charge in [0.15, 0.2) is 11.9 Å². The summed E-state index contributed by atoms with van der Waals surface area (Å²) in [5.41, 5.74) is 0. The first-order valence-corrected chi connectivity index (χ1v) is 8.73. The fourth-order valence-corrected chi connectivity index (χ4v) is 2.62. The van der Waals surface area contributed by atoms with Crippen LogP contribution in [0.1, 0.15) is 77.6 Å². The first-order chi connectivity index (χ1) is 10.6. The van der Waals surface area contributed by atoms with Gasteiger partial charge in [-0.05, 0) is 31.8 Å². The summed E-state index contributed by atoms with van der Waals surface area (Å²) in [6, 6.07) is 0. The topological polar surface area (TPSA) is 63.6 Å². The molecule has 1 heterocycles. The van der Waals surface area contributed by atoms with E-state index in [-0.39, 0.29) is 11.8 Å². The predicted molar refractivity (Wildman–Crippen MR) is 86.5 cm³/mol. The van der Waals surface area contributed by atoms with Crippen molar-refractivity contribution < 1.29 is 19.4 Å². The molecule has 0 amide bonds. The second-order valence-electron chi connectivity index (χ2n) is 6.11. The molecule has 0 radical (unpaired) electrons. The molecule has 0 spiro atoms. The summed E-state index contributed by atoms with van der Waals surface area (Å²) < 4.78 is 5.37. The van der Waals surface area contributed by atoms with Crippen molar-refractivity contribution in [3.63, 3.8) is 0 Å². The van der Waals surface area contributed by atoms with Crippen molar-refractivity contribution in [2.75, 3.05) is 0 Å². The van der Waals surface area contributed by atoms with Crippen LogP contribution in [0.4, 0.5) is 0 Å². The molecule has 1 aliphatic rings. The Balaban J connectivity index is 2.66. The van der Waals surface area contributed by atoms with E-state index in [1.54, 1.807) is 0 Å². The Morgan fingerprint density at radius 1 is 1.14 bits per heavy atom. The number of cyclic esters (lactones) is 1. The highest BCUT2D eigenvalue weighted by Crippen LogP contribution is 2.14. The molecule has 2 unspecified atom stereocenters. The molecule has 2 atom stereocenters. The smallest absolute Gasteiger partial charge is 0.306 e. The zero-order chi connectivity index (χ0) is 16.2. The van der Waals surface area contributed by atoms with Crippen LogP contribution in [0.2, 0.25) is 0 Å². The van der Waals surface area contributed by atoms with Crippen LogP contribution in [-0.2, 0) is 14.3 Å². The van der Waals surface area contributed by atoms with Gasteiger partial charge in [-0.1, -0.05) is 51.5 Å². The fourth-order valence-electron chi connectivity index (χ4n) is 2.62. The van der Waals surface area contributed by atoms with Crippen molar-refractivity contribution >= 4 is 11.8 Å². The number of aliphatic hydroxyl groups is 1. The van der Waals surface area contributed by atoms with Crippen LogP contribution < -0.4 is 0 Å². The SMILES string of the molecule is CCCCCC1OC(=O)CCCCCCCC(O)C=CC1=O. The molecule has 0 aromatic heterocycles. The van der Waals surface area contributed by atoms with E-state index in [1.807, 2.05) is 0 Å². The van der Waals surface area contributed by atoms with Gasteiger partial charge in [-0.3, -0.25) is 9.59 Å². The number of rotatable bonds is 4. The molecule has 0 aliphatic carbocycles. The van der Waals surface area contributed by atoms with E-state index >= 15 is 0 Å². The zero-order valence-electron chi connectivity index (χ0n) is 13.8. The Labute approximate surface area is 133 Å². The summed E-state index contributed by atoms with van der Waals surface area (Å²) in [6.07, 6.45) is 11.1. The minimum absolute atomic E-state index is 0.208. The van der Waals surface area contributed by atoms with E-state index in [0.29, 0.717) is 19.3 Å². The Kier molecular flexibility index (Phi) is 9.80. The number of carbonyl (C=O) groups excluding carboxylic acids is 2. The zero-order valence-corrected chi connectivity index (χ0v) is 13.8. The van der Waals surface area contributed by atoms with Gasteiger partial charge in [-0.2, -0.15) is 0 Å². The summed E-state index contributed by atoms with van der Waals surface area (Å²) >= 11 is 0. The highest BCUT2D eigenvalue weighted by Gasteiger charge is 2.20. The van der Waals surface area contributed by atoms with Crippen molar-refractivity contribution in [2.45, 2.75) is 89.8 Å². The highest BCUT2D eigenvalue weighted by atomic mass is 16.5. The first kappa shape index (κ1) is 18.9. The number of hydrogen-bond donors (Lipinski definition) is 1. The lowest BCUT2D eigenvalue weighted by atomic mass is 10.0. The molecule has 0 fully saturated rings. The normalized spacial score (nSPS) is 25.5. The Bertz CT molecular complexity index is 362. The number of ketones is 1. The van der Waals surface area contributed by atoms with Crippen LogP contribution in [0.5, 0.6) is 0 Å². The van der Waals surface area contributed by atoms with Gasteiger partial charge in [0.1, 0.15) is 0 Å². The average Bonchev–Trinajstić information content (AvgIpc) is 2.50. The number of carbonyl (C=O) groups is 2. The quantitative estimate of drug-likeness (QED) is 0.635. The van der Waals surface area contributed by atoms with Crippen LogP contribution >= 0.6 is 0 Å². The molecule has 4 heteroatoms. The number of ether oxygens (including phenoxy) is 1. The molecule has 0 saturated heterocycles. The molecule has 0 aromatic rings. The van der Waals surface area contributed by atoms with E-state index in [9.17, 15) is 14.7 Å². The van der Waals surface area contributed by atoms with Gasteiger partial charge in [0, 0.05) is 6.42 Å². The van der Waals surface area contributed by atoms with E-state index < -0.39 is 12.2 Å². The van der Waals surface area contributed by atoms with Gasteiger partial charge in [0.25, 0.3) is 0 Å². The van der Waals surface area contributed by atoms with Gasteiger partial charge in [0.2, 0.25) is 0 Å². The lowest BCUT2D eigenvalue weighted by Crippen LogP contribution is -2.26. The standard InChI is InChI=1S/C18H30O4/c1-2-3-7-11-17-16(20)14-13-15(19)10-8-5-4-6-9-12-18(21)22-17/h13-15,17,19H,2-12H2,1H3. The molecular formula is C18H30O4. The van der Waals surface area contributed by atoms with Gasteiger partial charge >= 0.3 is 5.97 Å². The Morgan fingerprint density at radius 2 is 1.86 bits per heavy atom. The summed E-state index contributed by atoms with van der Waals surface area (Å²) in [5.74, 6) is -0.485. The van der Waals surface area contributed by atoms with Crippen molar-refractivity contribution in [1.29, 1.82) is 0 Å². The summed E-state index contributed by atoms with van der Waals surface area (Å²) in [4.78, 5) is 24.1. The van der Waals surface area contributed by atoms with Crippen molar-refractivity contribution in [1.82, 2.24) is 0 Å². The fraction of sp³-hybridized carbons (Fsp3) is 0.778. The molecule has 1 aliphatic heterocycles. The molecule has 1 rings (SSSR count). The monoisotopic (exact) mass is 310 g/mol. The third-order valence-electron chi connectivity index (χ3n) is 4.02. The van der Waals surface area contributed by atoms with E-state index in [1.165, 1.54) is 12.2 Å². The van der Waals surface area contributed by atoms with Gasteiger partial charge < -0.3 is 9.84 Å². The van der Waals surface area contributed by atoms with Crippen molar-refractivity contribution in [3.05, 3.63) is 12.2 Å².